The summed E-state index contributed by atoms with van der Waals surface area (Å²) in [6.07, 6.45) is 0. The van der Waals surface area contributed by atoms with E-state index in [9.17, 15) is 12.8 Å². The van der Waals surface area contributed by atoms with Crippen molar-refractivity contribution in [2.75, 3.05) is 0 Å². The van der Waals surface area contributed by atoms with E-state index in [1.165, 1.54) is 26.0 Å². The maximum Gasteiger partial charge on any atom is 0.261 e. The van der Waals surface area contributed by atoms with E-state index in [-0.39, 0.29) is 16.0 Å². The Morgan fingerprint density at radius 3 is 1.92 bits per heavy atom. The van der Waals surface area contributed by atoms with Crippen molar-refractivity contribution in [1.29, 1.82) is 0 Å². The zero-order valence-electron chi connectivity index (χ0n) is 7.14. The Labute approximate surface area is 80.8 Å². The van der Waals surface area contributed by atoms with Crippen molar-refractivity contribution < 1.29 is 12.8 Å². The maximum absolute atomic E-state index is 13.1. The minimum Gasteiger partial charge on any atom is -0.207 e. The van der Waals surface area contributed by atoms with Crippen LogP contribution in [0.5, 0.6) is 0 Å². The fourth-order valence-corrected chi connectivity index (χ4v) is 1.95. The van der Waals surface area contributed by atoms with Crippen LogP contribution in [0.3, 0.4) is 0 Å². The van der Waals surface area contributed by atoms with Crippen LogP contribution in [-0.2, 0) is 9.05 Å². The molecule has 0 atom stereocenters. The molecule has 0 amide bonds. The summed E-state index contributed by atoms with van der Waals surface area (Å²) in [4.78, 5) is -0.0643. The van der Waals surface area contributed by atoms with Crippen molar-refractivity contribution in [3.8, 4) is 0 Å². The summed E-state index contributed by atoms with van der Waals surface area (Å²) in [6, 6.07) is 2.43. The first kappa shape index (κ1) is 10.5. The number of benzene rings is 1. The molecule has 13 heavy (non-hydrogen) atoms. The van der Waals surface area contributed by atoms with Gasteiger partial charge in [-0.15, -0.1) is 0 Å². The summed E-state index contributed by atoms with van der Waals surface area (Å²) < 4.78 is 34.8. The van der Waals surface area contributed by atoms with Gasteiger partial charge in [0.15, 0.2) is 0 Å². The molecule has 1 aromatic carbocycles. The molecule has 0 aliphatic carbocycles. The van der Waals surface area contributed by atoms with Crippen LogP contribution in [0.25, 0.3) is 0 Å². The first-order valence-corrected chi connectivity index (χ1v) is 5.84. The molecule has 0 aromatic heterocycles. The molecule has 1 aromatic rings. The molecular formula is C8H8ClFO2S. The Morgan fingerprint density at radius 1 is 1.23 bits per heavy atom. The van der Waals surface area contributed by atoms with E-state index in [4.69, 9.17) is 10.7 Å². The monoisotopic (exact) mass is 222 g/mol. The van der Waals surface area contributed by atoms with Gasteiger partial charge >= 0.3 is 0 Å². The van der Waals surface area contributed by atoms with E-state index in [1.807, 2.05) is 0 Å². The third kappa shape index (κ3) is 2.19. The molecule has 0 radical (unpaired) electrons. The van der Waals surface area contributed by atoms with Gasteiger partial charge in [0, 0.05) is 10.7 Å². The van der Waals surface area contributed by atoms with Crippen LogP contribution in [0.2, 0.25) is 0 Å². The standard InChI is InChI=1S/C8H8ClFO2S/c1-5-3-7(13(9,11)12)4-6(2)8(5)10/h3-4H,1-2H3. The van der Waals surface area contributed by atoms with Gasteiger partial charge in [-0.05, 0) is 37.1 Å². The molecular weight excluding hydrogens is 215 g/mol. The second-order valence-electron chi connectivity index (χ2n) is 2.81. The Bertz CT molecular complexity index is 416. The minimum atomic E-state index is -3.76. The number of halogens is 2. The third-order valence-electron chi connectivity index (χ3n) is 1.69. The lowest BCUT2D eigenvalue weighted by Crippen LogP contribution is -1.96. The number of aryl methyl sites for hydroxylation is 2. The van der Waals surface area contributed by atoms with Crippen LogP contribution >= 0.6 is 10.7 Å². The van der Waals surface area contributed by atoms with Crippen molar-refractivity contribution in [3.05, 3.63) is 29.1 Å². The molecule has 0 N–H and O–H groups in total. The first-order chi connectivity index (χ1) is 5.82. The largest absolute Gasteiger partial charge is 0.261 e. The molecule has 0 aliphatic heterocycles. The molecule has 1 rings (SSSR count). The average molecular weight is 223 g/mol. The lowest BCUT2D eigenvalue weighted by molar-refractivity contribution is 0.600. The van der Waals surface area contributed by atoms with Gasteiger partial charge in [-0.2, -0.15) is 0 Å². The first-order valence-electron chi connectivity index (χ1n) is 3.54. The molecule has 0 heterocycles. The maximum atomic E-state index is 13.1. The zero-order valence-corrected chi connectivity index (χ0v) is 8.71. The Morgan fingerprint density at radius 2 is 1.62 bits per heavy atom. The van der Waals surface area contributed by atoms with Gasteiger partial charge in [-0.1, -0.05) is 0 Å². The molecule has 0 fully saturated rings. The second-order valence-corrected chi connectivity index (χ2v) is 5.37. The summed E-state index contributed by atoms with van der Waals surface area (Å²) >= 11 is 0. The van der Waals surface area contributed by atoms with Gasteiger partial charge in [0.2, 0.25) is 0 Å². The van der Waals surface area contributed by atoms with E-state index in [1.54, 1.807) is 0 Å². The molecule has 5 heteroatoms. The predicted octanol–water partition coefficient (Wildman–Crippen LogP) is 2.37. The van der Waals surface area contributed by atoms with Crippen molar-refractivity contribution in [2.24, 2.45) is 0 Å². The van der Waals surface area contributed by atoms with Crippen LogP contribution < -0.4 is 0 Å². The second kappa shape index (κ2) is 3.27. The van der Waals surface area contributed by atoms with Crippen LogP contribution in [0.1, 0.15) is 11.1 Å². The van der Waals surface area contributed by atoms with Crippen molar-refractivity contribution >= 4 is 19.7 Å². The van der Waals surface area contributed by atoms with E-state index in [0.717, 1.165) is 0 Å². The van der Waals surface area contributed by atoms with Crippen molar-refractivity contribution in [3.63, 3.8) is 0 Å². The fourth-order valence-electron chi connectivity index (χ4n) is 1.05. The topological polar surface area (TPSA) is 34.1 Å². The van der Waals surface area contributed by atoms with E-state index in [2.05, 4.69) is 0 Å². The molecule has 0 unspecified atom stereocenters. The van der Waals surface area contributed by atoms with Crippen molar-refractivity contribution in [1.82, 2.24) is 0 Å². The molecule has 0 spiro atoms. The van der Waals surface area contributed by atoms with Gasteiger partial charge in [0.05, 0.1) is 4.90 Å². The van der Waals surface area contributed by atoms with Crippen LogP contribution in [0, 0.1) is 19.7 Å². The molecule has 0 bridgehead atoms. The summed E-state index contributed by atoms with van der Waals surface area (Å²) in [6.45, 7) is 2.99. The fraction of sp³-hybridized carbons (Fsp3) is 0.250. The summed E-state index contributed by atoms with van der Waals surface area (Å²) in [5.41, 5.74) is 0.554. The molecule has 0 aliphatic rings. The Kier molecular flexibility index (Phi) is 2.63. The van der Waals surface area contributed by atoms with Gasteiger partial charge in [-0.25, -0.2) is 12.8 Å². The molecule has 2 nitrogen and oxygen atoms in total. The lowest BCUT2D eigenvalue weighted by Gasteiger charge is -2.03. The summed E-state index contributed by atoms with van der Waals surface area (Å²) in [5.74, 6) is -0.399. The van der Waals surface area contributed by atoms with Gasteiger partial charge in [0.1, 0.15) is 5.82 Å². The minimum absolute atomic E-state index is 0.0643. The van der Waals surface area contributed by atoms with Crippen molar-refractivity contribution in [2.45, 2.75) is 18.7 Å². The number of hydrogen-bond donors (Lipinski definition) is 0. The van der Waals surface area contributed by atoms with Crippen LogP contribution in [0.4, 0.5) is 4.39 Å². The van der Waals surface area contributed by atoms with E-state index < -0.39 is 14.9 Å². The van der Waals surface area contributed by atoms with Crippen LogP contribution in [-0.4, -0.2) is 8.42 Å². The lowest BCUT2D eigenvalue weighted by atomic mass is 10.1. The molecule has 72 valence electrons. The van der Waals surface area contributed by atoms with E-state index >= 15 is 0 Å². The normalized spacial score (nSPS) is 11.7. The third-order valence-corrected chi connectivity index (χ3v) is 3.02. The summed E-state index contributed by atoms with van der Waals surface area (Å²) in [7, 11) is 1.35. The summed E-state index contributed by atoms with van der Waals surface area (Å²) in [5, 5.41) is 0. The Balaban J connectivity index is 3.47. The van der Waals surface area contributed by atoms with Gasteiger partial charge in [0.25, 0.3) is 9.05 Å². The SMILES string of the molecule is Cc1cc(S(=O)(=O)Cl)cc(C)c1F. The smallest absolute Gasteiger partial charge is 0.207 e. The zero-order chi connectivity index (χ0) is 10.2. The van der Waals surface area contributed by atoms with Gasteiger partial charge < -0.3 is 0 Å². The highest BCUT2D eigenvalue weighted by molar-refractivity contribution is 8.13. The number of rotatable bonds is 1. The van der Waals surface area contributed by atoms with Gasteiger partial charge in [-0.3, -0.25) is 0 Å². The quantitative estimate of drug-likeness (QED) is 0.684. The predicted molar refractivity (Wildman–Crippen MR) is 48.9 cm³/mol. The highest BCUT2D eigenvalue weighted by atomic mass is 35.7. The molecule has 0 saturated heterocycles. The number of hydrogen-bond acceptors (Lipinski definition) is 2. The average Bonchev–Trinajstić information content (AvgIpc) is 1.97. The van der Waals surface area contributed by atoms with E-state index in [0.29, 0.717) is 0 Å². The molecule has 0 saturated carbocycles. The Hall–Kier alpha value is -0.610. The highest BCUT2D eigenvalue weighted by Crippen LogP contribution is 2.21. The highest BCUT2D eigenvalue weighted by Gasteiger charge is 2.13. The van der Waals surface area contributed by atoms with Crippen LogP contribution in [0.15, 0.2) is 17.0 Å².